The molecule has 1 aromatic carbocycles. The van der Waals surface area contributed by atoms with E-state index in [0.717, 1.165) is 5.56 Å². The first-order chi connectivity index (χ1) is 8.81. The molecule has 1 N–H and O–H groups in total. The minimum Gasteiger partial charge on any atom is -0.496 e. The molecule has 104 valence electrons. The molecular formula is C15H20ClNO2. The predicted octanol–water partition coefficient (Wildman–Crippen LogP) is 3.57. The van der Waals surface area contributed by atoms with Crippen LogP contribution in [0.2, 0.25) is 5.02 Å². The molecule has 19 heavy (non-hydrogen) atoms. The van der Waals surface area contributed by atoms with E-state index in [1.165, 1.54) is 0 Å². The van der Waals surface area contributed by atoms with Crippen molar-refractivity contribution in [2.75, 3.05) is 7.11 Å². The summed E-state index contributed by atoms with van der Waals surface area (Å²) in [4.78, 5) is 11.7. The van der Waals surface area contributed by atoms with E-state index in [1.54, 1.807) is 31.4 Å². The quantitative estimate of drug-likeness (QED) is 0.857. The van der Waals surface area contributed by atoms with Crippen molar-refractivity contribution in [3.05, 3.63) is 40.9 Å². The Morgan fingerprint density at radius 3 is 2.68 bits per heavy atom. The number of amides is 1. The number of halogens is 1. The number of rotatable bonds is 4. The van der Waals surface area contributed by atoms with Gasteiger partial charge in [-0.1, -0.05) is 38.4 Å². The summed E-state index contributed by atoms with van der Waals surface area (Å²) < 4.78 is 5.22. The van der Waals surface area contributed by atoms with E-state index in [9.17, 15) is 4.79 Å². The highest BCUT2D eigenvalue weighted by atomic mass is 35.5. The van der Waals surface area contributed by atoms with Gasteiger partial charge in [0.05, 0.1) is 7.11 Å². The zero-order chi connectivity index (χ0) is 14.5. The molecule has 1 aromatic rings. The van der Waals surface area contributed by atoms with E-state index in [-0.39, 0.29) is 11.3 Å². The van der Waals surface area contributed by atoms with Crippen LogP contribution in [0.3, 0.4) is 0 Å². The second kappa shape index (κ2) is 6.62. The number of hydrogen-bond donors (Lipinski definition) is 1. The molecule has 0 atom stereocenters. The Bertz CT molecular complexity index is 476. The van der Waals surface area contributed by atoms with Crippen molar-refractivity contribution in [2.45, 2.75) is 27.3 Å². The Labute approximate surface area is 119 Å². The predicted molar refractivity (Wildman–Crippen MR) is 78.4 cm³/mol. The fraction of sp³-hybridized carbons (Fsp3) is 0.400. The van der Waals surface area contributed by atoms with Gasteiger partial charge in [-0.05, 0) is 29.7 Å². The lowest BCUT2D eigenvalue weighted by atomic mass is 9.96. The highest BCUT2D eigenvalue weighted by molar-refractivity contribution is 6.30. The minimum absolute atomic E-state index is 0.00884. The molecule has 3 nitrogen and oxygen atoms in total. The van der Waals surface area contributed by atoms with Crippen molar-refractivity contribution in [2.24, 2.45) is 5.41 Å². The third-order valence-corrected chi connectivity index (χ3v) is 2.67. The highest BCUT2D eigenvalue weighted by Crippen LogP contribution is 2.22. The van der Waals surface area contributed by atoms with E-state index in [0.29, 0.717) is 17.3 Å². The maximum Gasteiger partial charge on any atom is 0.243 e. The summed E-state index contributed by atoms with van der Waals surface area (Å²) in [6.45, 7) is 6.50. The largest absolute Gasteiger partial charge is 0.496 e. The van der Waals surface area contributed by atoms with Gasteiger partial charge >= 0.3 is 0 Å². The van der Waals surface area contributed by atoms with Crippen LogP contribution in [0.15, 0.2) is 30.4 Å². The fourth-order valence-electron chi connectivity index (χ4n) is 1.45. The van der Waals surface area contributed by atoms with Crippen molar-refractivity contribution in [3.8, 4) is 5.75 Å². The number of ether oxygens (including phenoxy) is 1. The molecule has 1 amide bonds. The van der Waals surface area contributed by atoms with Gasteiger partial charge in [0.25, 0.3) is 0 Å². The minimum atomic E-state index is -0.128. The molecule has 0 saturated heterocycles. The van der Waals surface area contributed by atoms with E-state index in [1.807, 2.05) is 26.8 Å². The fourth-order valence-corrected chi connectivity index (χ4v) is 1.65. The summed E-state index contributed by atoms with van der Waals surface area (Å²) >= 11 is 5.93. The van der Waals surface area contributed by atoms with Crippen LogP contribution in [0.4, 0.5) is 0 Å². The first-order valence-corrected chi connectivity index (χ1v) is 6.49. The lowest BCUT2D eigenvalue weighted by molar-refractivity contribution is -0.116. The van der Waals surface area contributed by atoms with Crippen LogP contribution in [0, 0.1) is 5.41 Å². The van der Waals surface area contributed by atoms with Crippen molar-refractivity contribution in [3.63, 3.8) is 0 Å². The zero-order valence-corrected chi connectivity index (χ0v) is 12.5. The molecule has 0 saturated carbocycles. The van der Waals surface area contributed by atoms with Gasteiger partial charge in [0.15, 0.2) is 0 Å². The van der Waals surface area contributed by atoms with Gasteiger partial charge in [0.2, 0.25) is 5.91 Å². The molecule has 0 aromatic heterocycles. The van der Waals surface area contributed by atoms with Gasteiger partial charge in [-0.3, -0.25) is 4.79 Å². The first kappa shape index (κ1) is 15.6. The van der Waals surface area contributed by atoms with Gasteiger partial charge < -0.3 is 10.1 Å². The summed E-state index contributed by atoms with van der Waals surface area (Å²) in [5.74, 6) is 0.585. The lowest BCUT2D eigenvalue weighted by Gasteiger charge is -2.12. The molecular weight excluding hydrogens is 262 g/mol. The highest BCUT2D eigenvalue weighted by Gasteiger charge is 2.07. The van der Waals surface area contributed by atoms with Gasteiger partial charge in [0.1, 0.15) is 5.75 Å². The smallest absolute Gasteiger partial charge is 0.243 e. The monoisotopic (exact) mass is 281 g/mol. The third kappa shape index (κ3) is 5.79. The topological polar surface area (TPSA) is 38.3 Å². The van der Waals surface area contributed by atoms with Crippen LogP contribution in [-0.4, -0.2) is 13.0 Å². The average molecular weight is 282 g/mol. The number of carbonyl (C=O) groups excluding carboxylic acids is 1. The van der Waals surface area contributed by atoms with Crippen LogP contribution in [0.25, 0.3) is 0 Å². The van der Waals surface area contributed by atoms with Crippen LogP contribution in [0.1, 0.15) is 26.3 Å². The molecule has 0 unspecified atom stereocenters. The zero-order valence-electron chi connectivity index (χ0n) is 11.8. The van der Waals surface area contributed by atoms with Crippen molar-refractivity contribution in [1.82, 2.24) is 5.32 Å². The molecule has 0 fully saturated rings. The van der Waals surface area contributed by atoms with E-state index >= 15 is 0 Å². The molecule has 0 aliphatic carbocycles. The van der Waals surface area contributed by atoms with E-state index in [2.05, 4.69) is 5.32 Å². The molecule has 0 bridgehead atoms. The summed E-state index contributed by atoms with van der Waals surface area (Å²) in [5.41, 5.74) is 0.845. The lowest BCUT2D eigenvalue weighted by Crippen LogP contribution is -2.21. The van der Waals surface area contributed by atoms with Gasteiger partial charge in [-0.15, -0.1) is 0 Å². The van der Waals surface area contributed by atoms with Gasteiger partial charge in [-0.2, -0.15) is 0 Å². The molecule has 0 aliphatic heterocycles. The first-order valence-electron chi connectivity index (χ1n) is 6.11. The number of benzene rings is 1. The number of hydrogen-bond acceptors (Lipinski definition) is 2. The Kier molecular flexibility index (Phi) is 5.43. The van der Waals surface area contributed by atoms with Crippen LogP contribution in [0.5, 0.6) is 5.75 Å². The molecule has 0 heterocycles. The Hall–Kier alpha value is -1.48. The normalized spacial score (nSPS) is 11.6. The van der Waals surface area contributed by atoms with Crippen molar-refractivity contribution < 1.29 is 9.53 Å². The SMILES string of the molecule is COc1ccc(Cl)cc1CNC(=O)C=CC(C)(C)C. The van der Waals surface area contributed by atoms with Crippen LogP contribution >= 0.6 is 11.6 Å². The van der Waals surface area contributed by atoms with Crippen LogP contribution in [-0.2, 0) is 11.3 Å². The Morgan fingerprint density at radius 1 is 1.42 bits per heavy atom. The number of nitrogens with one attached hydrogen (secondary N) is 1. The van der Waals surface area contributed by atoms with Gasteiger partial charge in [0, 0.05) is 17.1 Å². The summed E-state index contributed by atoms with van der Waals surface area (Å²) in [7, 11) is 1.59. The standard InChI is InChI=1S/C15H20ClNO2/c1-15(2,3)8-7-14(18)17-10-11-9-12(16)5-6-13(11)19-4/h5-9H,10H2,1-4H3,(H,17,18). The third-order valence-electron chi connectivity index (χ3n) is 2.43. The molecule has 1 rings (SSSR count). The Balaban J connectivity index is 2.64. The second-order valence-corrected chi connectivity index (χ2v) is 5.81. The Morgan fingerprint density at radius 2 is 2.11 bits per heavy atom. The number of carbonyl (C=O) groups is 1. The summed E-state index contributed by atoms with van der Waals surface area (Å²) in [5, 5.41) is 3.43. The van der Waals surface area contributed by atoms with Crippen molar-refractivity contribution in [1.29, 1.82) is 0 Å². The maximum absolute atomic E-state index is 11.7. The van der Waals surface area contributed by atoms with Crippen LogP contribution < -0.4 is 10.1 Å². The van der Waals surface area contributed by atoms with E-state index in [4.69, 9.17) is 16.3 Å². The second-order valence-electron chi connectivity index (χ2n) is 5.37. The molecule has 4 heteroatoms. The number of allylic oxidation sites excluding steroid dienone is 1. The van der Waals surface area contributed by atoms with E-state index < -0.39 is 0 Å². The summed E-state index contributed by atoms with van der Waals surface area (Å²) in [6.07, 6.45) is 3.43. The number of methoxy groups -OCH3 is 1. The summed E-state index contributed by atoms with van der Waals surface area (Å²) in [6, 6.07) is 5.33. The molecule has 0 aliphatic rings. The molecule has 0 radical (unpaired) electrons. The average Bonchev–Trinajstić information content (AvgIpc) is 2.33. The maximum atomic E-state index is 11.7. The molecule has 0 spiro atoms. The van der Waals surface area contributed by atoms with Crippen molar-refractivity contribution >= 4 is 17.5 Å². The van der Waals surface area contributed by atoms with Gasteiger partial charge in [-0.25, -0.2) is 0 Å².